The van der Waals surface area contributed by atoms with E-state index in [4.69, 9.17) is 4.74 Å². The SMILES string of the molecule is CNC1(C(=O)OC)COC1.Cl. The number of nitrogens with one attached hydrogen (secondary N) is 1. The Morgan fingerprint density at radius 1 is 1.64 bits per heavy atom. The summed E-state index contributed by atoms with van der Waals surface area (Å²) >= 11 is 0. The lowest BCUT2D eigenvalue weighted by molar-refractivity contribution is -0.168. The number of hydrogen-bond acceptors (Lipinski definition) is 4. The molecular weight excluding hydrogens is 170 g/mol. The molecule has 0 aromatic heterocycles. The molecule has 1 aliphatic rings. The molecule has 11 heavy (non-hydrogen) atoms. The normalized spacial score (nSPS) is 19.5. The van der Waals surface area contributed by atoms with E-state index in [1.54, 1.807) is 7.05 Å². The number of esters is 1. The monoisotopic (exact) mass is 181 g/mol. The van der Waals surface area contributed by atoms with Gasteiger partial charge in [0.15, 0.2) is 5.54 Å². The first kappa shape index (κ1) is 10.7. The summed E-state index contributed by atoms with van der Waals surface area (Å²) in [6, 6.07) is 0. The third-order valence-electron chi connectivity index (χ3n) is 1.75. The standard InChI is InChI=1S/C6H11NO3.ClH/c1-7-6(3-10-4-6)5(8)9-2;/h7H,3-4H2,1-2H3;1H. The Morgan fingerprint density at radius 3 is 2.27 bits per heavy atom. The van der Waals surface area contributed by atoms with Crippen molar-refractivity contribution >= 4 is 18.4 Å². The van der Waals surface area contributed by atoms with Crippen molar-refractivity contribution in [1.82, 2.24) is 5.32 Å². The molecule has 0 aliphatic carbocycles. The van der Waals surface area contributed by atoms with Gasteiger partial charge >= 0.3 is 5.97 Å². The Morgan fingerprint density at radius 2 is 2.18 bits per heavy atom. The van der Waals surface area contributed by atoms with Crippen LogP contribution in [0.2, 0.25) is 0 Å². The summed E-state index contributed by atoms with van der Waals surface area (Å²) in [5.74, 6) is -0.249. The maximum atomic E-state index is 11.0. The van der Waals surface area contributed by atoms with Crippen molar-refractivity contribution in [2.75, 3.05) is 27.4 Å². The highest BCUT2D eigenvalue weighted by molar-refractivity contribution is 5.85. The summed E-state index contributed by atoms with van der Waals surface area (Å²) in [5.41, 5.74) is -0.561. The van der Waals surface area contributed by atoms with Crippen LogP contribution in [0.5, 0.6) is 0 Å². The van der Waals surface area contributed by atoms with Gasteiger partial charge in [-0.25, -0.2) is 4.79 Å². The molecule has 0 atom stereocenters. The average molecular weight is 182 g/mol. The Balaban J connectivity index is 0.000001000. The summed E-state index contributed by atoms with van der Waals surface area (Å²) in [5, 5.41) is 2.87. The summed E-state index contributed by atoms with van der Waals surface area (Å²) in [6.45, 7) is 0.826. The number of carbonyl (C=O) groups is 1. The second kappa shape index (κ2) is 3.90. The molecule has 0 amide bonds. The summed E-state index contributed by atoms with van der Waals surface area (Å²) < 4.78 is 9.46. The topological polar surface area (TPSA) is 47.6 Å². The van der Waals surface area contributed by atoms with E-state index < -0.39 is 5.54 Å². The molecule has 1 heterocycles. The van der Waals surface area contributed by atoms with Crippen LogP contribution in [0.3, 0.4) is 0 Å². The van der Waals surface area contributed by atoms with Gasteiger partial charge in [0.05, 0.1) is 20.3 Å². The molecule has 1 aliphatic heterocycles. The first-order valence-corrected chi connectivity index (χ1v) is 3.10. The van der Waals surface area contributed by atoms with E-state index in [0.717, 1.165) is 0 Å². The summed E-state index contributed by atoms with van der Waals surface area (Å²) in [7, 11) is 3.10. The van der Waals surface area contributed by atoms with Crippen molar-refractivity contribution in [2.45, 2.75) is 5.54 Å². The van der Waals surface area contributed by atoms with Crippen LogP contribution in [0, 0.1) is 0 Å². The molecule has 5 heteroatoms. The number of likely N-dealkylation sites (N-methyl/N-ethyl adjacent to an activating group) is 1. The highest BCUT2D eigenvalue weighted by Gasteiger charge is 2.45. The van der Waals surface area contributed by atoms with E-state index in [1.807, 2.05) is 0 Å². The minimum Gasteiger partial charge on any atom is -0.468 e. The summed E-state index contributed by atoms with van der Waals surface area (Å²) in [4.78, 5) is 11.0. The van der Waals surface area contributed by atoms with Crippen LogP contribution in [0.25, 0.3) is 0 Å². The van der Waals surface area contributed by atoms with Crippen LogP contribution in [-0.4, -0.2) is 38.9 Å². The fraction of sp³-hybridized carbons (Fsp3) is 0.833. The first-order chi connectivity index (χ1) is 4.75. The van der Waals surface area contributed by atoms with Crippen molar-refractivity contribution < 1.29 is 14.3 Å². The molecule has 0 unspecified atom stereocenters. The maximum Gasteiger partial charge on any atom is 0.330 e. The summed E-state index contributed by atoms with van der Waals surface area (Å²) in [6.07, 6.45) is 0. The zero-order valence-corrected chi connectivity index (χ0v) is 7.36. The number of methoxy groups -OCH3 is 1. The van der Waals surface area contributed by atoms with E-state index in [-0.39, 0.29) is 18.4 Å². The predicted molar refractivity (Wildman–Crippen MR) is 41.9 cm³/mol. The molecule has 1 fully saturated rings. The van der Waals surface area contributed by atoms with Crippen molar-refractivity contribution in [1.29, 1.82) is 0 Å². The van der Waals surface area contributed by atoms with Gasteiger partial charge in [-0.15, -0.1) is 12.4 Å². The lowest BCUT2D eigenvalue weighted by Gasteiger charge is -2.37. The largest absolute Gasteiger partial charge is 0.468 e. The van der Waals surface area contributed by atoms with E-state index in [9.17, 15) is 4.79 Å². The molecule has 1 N–H and O–H groups in total. The van der Waals surface area contributed by atoms with Crippen LogP contribution in [0.15, 0.2) is 0 Å². The number of hydrogen-bond donors (Lipinski definition) is 1. The number of rotatable bonds is 2. The maximum absolute atomic E-state index is 11.0. The Kier molecular flexibility index (Phi) is 3.78. The van der Waals surface area contributed by atoms with Gasteiger partial charge in [0.2, 0.25) is 0 Å². The van der Waals surface area contributed by atoms with Crippen molar-refractivity contribution in [3.8, 4) is 0 Å². The highest BCUT2D eigenvalue weighted by atomic mass is 35.5. The zero-order valence-electron chi connectivity index (χ0n) is 6.55. The van der Waals surface area contributed by atoms with Gasteiger partial charge in [0, 0.05) is 0 Å². The molecule has 0 saturated carbocycles. The number of ether oxygens (including phenoxy) is 2. The number of halogens is 1. The van der Waals surface area contributed by atoms with Gasteiger partial charge in [0.1, 0.15) is 0 Å². The minimum atomic E-state index is -0.561. The third-order valence-corrected chi connectivity index (χ3v) is 1.75. The van der Waals surface area contributed by atoms with Gasteiger partial charge in [-0.05, 0) is 7.05 Å². The molecule has 0 spiro atoms. The lowest BCUT2D eigenvalue weighted by Crippen LogP contribution is -2.64. The Hall–Kier alpha value is -0.320. The van der Waals surface area contributed by atoms with Crippen LogP contribution >= 0.6 is 12.4 Å². The molecule has 66 valence electrons. The fourth-order valence-corrected chi connectivity index (χ4v) is 0.866. The van der Waals surface area contributed by atoms with Gasteiger partial charge in [0.25, 0.3) is 0 Å². The molecule has 0 radical (unpaired) electrons. The average Bonchev–Trinajstić information content (AvgIpc) is 1.86. The van der Waals surface area contributed by atoms with E-state index >= 15 is 0 Å². The Bertz CT molecular complexity index is 141. The van der Waals surface area contributed by atoms with Crippen LogP contribution in [-0.2, 0) is 14.3 Å². The van der Waals surface area contributed by atoms with Gasteiger partial charge in [-0.2, -0.15) is 0 Å². The third kappa shape index (κ3) is 1.64. The molecule has 4 nitrogen and oxygen atoms in total. The molecule has 1 saturated heterocycles. The molecule has 1 rings (SSSR count). The van der Waals surface area contributed by atoms with Gasteiger partial charge in [-0.1, -0.05) is 0 Å². The second-order valence-corrected chi connectivity index (χ2v) is 2.32. The predicted octanol–water partition coefficient (Wildman–Crippen LogP) is -0.430. The highest BCUT2D eigenvalue weighted by Crippen LogP contribution is 2.17. The van der Waals surface area contributed by atoms with Crippen LogP contribution in [0.4, 0.5) is 0 Å². The second-order valence-electron chi connectivity index (χ2n) is 2.32. The minimum absolute atomic E-state index is 0. The zero-order chi connectivity index (χ0) is 7.61. The Labute approximate surface area is 71.6 Å². The quantitative estimate of drug-likeness (QED) is 0.588. The van der Waals surface area contributed by atoms with E-state index in [0.29, 0.717) is 13.2 Å². The van der Waals surface area contributed by atoms with Gasteiger partial charge < -0.3 is 14.8 Å². The fourth-order valence-electron chi connectivity index (χ4n) is 0.866. The first-order valence-electron chi connectivity index (χ1n) is 3.10. The van der Waals surface area contributed by atoms with Crippen molar-refractivity contribution in [3.63, 3.8) is 0 Å². The molecule has 0 aromatic rings. The van der Waals surface area contributed by atoms with E-state index in [2.05, 4.69) is 10.1 Å². The smallest absolute Gasteiger partial charge is 0.330 e. The molecular formula is C6H12ClNO3. The van der Waals surface area contributed by atoms with Crippen LogP contribution in [0.1, 0.15) is 0 Å². The van der Waals surface area contributed by atoms with Crippen molar-refractivity contribution in [2.24, 2.45) is 0 Å². The number of carbonyl (C=O) groups excluding carboxylic acids is 1. The van der Waals surface area contributed by atoms with E-state index in [1.165, 1.54) is 7.11 Å². The van der Waals surface area contributed by atoms with Crippen molar-refractivity contribution in [3.05, 3.63) is 0 Å². The molecule has 0 aromatic carbocycles. The lowest BCUT2D eigenvalue weighted by atomic mass is 9.98. The molecule has 0 bridgehead atoms. The van der Waals surface area contributed by atoms with Gasteiger partial charge in [-0.3, -0.25) is 0 Å². The van der Waals surface area contributed by atoms with Crippen LogP contribution < -0.4 is 5.32 Å².